The monoisotopic (exact) mass is 474 g/mol. The first kappa shape index (κ1) is 22.8. The van der Waals surface area contributed by atoms with Gasteiger partial charge in [0.05, 0.1) is 5.69 Å². The molecule has 0 spiro atoms. The zero-order valence-electron chi connectivity index (χ0n) is 19.5. The number of nitrogens with zero attached hydrogens (tertiary/aromatic N) is 2. The largest absolute Gasteiger partial charge is 0.507 e. The molecule has 0 aliphatic carbocycles. The van der Waals surface area contributed by atoms with E-state index >= 15 is 0 Å². The maximum absolute atomic E-state index is 13.8. The van der Waals surface area contributed by atoms with Crippen molar-refractivity contribution in [3.63, 3.8) is 0 Å². The highest BCUT2D eigenvalue weighted by Gasteiger charge is 2.37. The van der Waals surface area contributed by atoms with Gasteiger partial charge in [-0.1, -0.05) is 32.9 Å². The molecule has 0 radical (unpaired) electrons. The van der Waals surface area contributed by atoms with Crippen molar-refractivity contribution in [2.45, 2.75) is 33.2 Å². The minimum absolute atomic E-state index is 0.0919. The molecule has 7 heteroatoms. The average molecular weight is 475 g/mol. The van der Waals surface area contributed by atoms with E-state index in [1.54, 1.807) is 30.3 Å². The third-order valence-corrected chi connectivity index (χ3v) is 6.63. The molecule has 2 heterocycles. The van der Waals surface area contributed by atoms with Crippen LogP contribution in [-0.2, 0) is 6.54 Å². The van der Waals surface area contributed by atoms with Gasteiger partial charge in [-0.25, -0.2) is 13.6 Å². The molecule has 1 aliphatic rings. The smallest absolute Gasteiger partial charge is 0.339 e. The van der Waals surface area contributed by atoms with Crippen LogP contribution in [-0.4, -0.2) is 26.0 Å². The number of aromatic carboxylic acids is 1. The Morgan fingerprint density at radius 2 is 1.54 bits per heavy atom. The number of halogens is 2. The van der Waals surface area contributed by atoms with Crippen molar-refractivity contribution in [3.05, 3.63) is 83.4 Å². The van der Waals surface area contributed by atoms with Crippen molar-refractivity contribution in [3.8, 4) is 39.4 Å². The molecule has 0 unspecified atom stereocenters. The van der Waals surface area contributed by atoms with E-state index in [1.165, 1.54) is 30.3 Å². The quantitative estimate of drug-likeness (QED) is 0.346. The summed E-state index contributed by atoms with van der Waals surface area (Å²) in [6.07, 6.45) is 0. The molecule has 0 saturated carbocycles. The van der Waals surface area contributed by atoms with Gasteiger partial charge in [-0.05, 0) is 65.1 Å². The molecule has 178 valence electrons. The predicted octanol–water partition coefficient (Wildman–Crippen LogP) is 6.71. The molecule has 35 heavy (non-hydrogen) atoms. The summed E-state index contributed by atoms with van der Waals surface area (Å²) >= 11 is 0. The van der Waals surface area contributed by atoms with Crippen LogP contribution < -0.4 is 0 Å². The Morgan fingerprint density at radius 1 is 0.971 bits per heavy atom. The third-order valence-electron chi connectivity index (χ3n) is 6.63. The van der Waals surface area contributed by atoms with Gasteiger partial charge >= 0.3 is 5.97 Å². The second-order valence-electron chi connectivity index (χ2n) is 9.95. The number of rotatable bonds is 3. The van der Waals surface area contributed by atoms with Crippen molar-refractivity contribution < 1.29 is 23.8 Å². The first-order chi connectivity index (χ1) is 16.5. The molecule has 0 fully saturated rings. The van der Waals surface area contributed by atoms with Crippen molar-refractivity contribution in [1.29, 1.82) is 0 Å². The van der Waals surface area contributed by atoms with Crippen LogP contribution in [0, 0.1) is 17.0 Å². The van der Waals surface area contributed by atoms with E-state index in [9.17, 15) is 23.8 Å². The van der Waals surface area contributed by atoms with Crippen molar-refractivity contribution in [2.24, 2.45) is 5.41 Å². The molecule has 0 bridgehead atoms. The highest BCUT2D eigenvalue weighted by atomic mass is 19.1. The van der Waals surface area contributed by atoms with Crippen LogP contribution in [0.3, 0.4) is 0 Å². The van der Waals surface area contributed by atoms with Crippen LogP contribution in [0.15, 0.2) is 60.7 Å². The highest BCUT2D eigenvalue weighted by molar-refractivity contribution is 5.96. The summed E-state index contributed by atoms with van der Waals surface area (Å²) in [7, 11) is 0. The molecule has 1 aromatic heterocycles. The molecule has 1 aliphatic heterocycles. The van der Waals surface area contributed by atoms with Gasteiger partial charge in [-0.3, -0.25) is 4.68 Å². The summed E-state index contributed by atoms with van der Waals surface area (Å²) < 4.78 is 29.3. The van der Waals surface area contributed by atoms with Crippen LogP contribution in [0.2, 0.25) is 0 Å². The Morgan fingerprint density at radius 3 is 2.09 bits per heavy atom. The van der Waals surface area contributed by atoms with Gasteiger partial charge in [0.15, 0.2) is 0 Å². The average Bonchev–Trinajstić information content (AvgIpc) is 3.18. The van der Waals surface area contributed by atoms with E-state index in [4.69, 9.17) is 5.10 Å². The SMILES string of the molecule is CC(C)(C)[C@@H]1Cn2nc(-c3ccc(F)cc3)c(-c3ccc(F)cc3)c2-c2cc(O)c(C(=O)O)cc21. The molecule has 0 amide bonds. The number of carbonyl (C=O) groups is 1. The van der Waals surface area contributed by atoms with E-state index < -0.39 is 5.97 Å². The number of aromatic hydroxyl groups is 1. The topological polar surface area (TPSA) is 75.3 Å². The molecule has 5 rings (SSSR count). The number of fused-ring (bicyclic) bond motifs is 3. The fourth-order valence-corrected chi connectivity index (χ4v) is 4.85. The number of aromatic nitrogens is 2. The second-order valence-corrected chi connectivity index (χ2v) is 9.95. The van der Waals surface area contributed by atoms with Gasteiger partial charge in [0.2, 0.25) is 0 Å². The van der Waals surface area contributed by atoms with E-state index in [1.807, 2.05) is 4.68 Å². The number of carboxylic acid groups (broad SMARTS) is 1. The van der Waals surface area contributed by atoms with Gasteiger partial charge in [-0.2, -0.15) is 5.10 Å². The summed E-state index contributed by atoms with van der Waals surface area (Å²) in [4.78, 5) is 11.8. The highest BCUT2D eigenvalue weighted by Crippen LogP contribution is 2.51. The zero-order chi connectivity index (χ0) is 25.1. The van der Waals surface area contributed by atoms with Crippen molar-refractivity contribution in [2.75, 3.05) is 0 Å². The summed E-state index contributed by atoms with van der Waals surface area (Å²) in [6, 6.07) is 15.1. The maximum Gasteiger partial charge on any atom is 0.339 e. The molecule has 1 atom stereocenters. The Bertz CT molecular complexity index is 1450. The van der Waals surface area contributed by atoms with Gasteiger partial charge in [-0.15, -0.1) is 0 Å². The van der Waals surface area contributed by atoms with E-state index in [0.29, 0.717) is 40.2 Å². The van der Waals surface area contributed by atoms with Crippen LogP contribution >= 0.6 is 0 Å². The molecule has 5 nitrogen and oxygen atoms in total. The third kappa shape index (κ3) is 3.87. The van der Waals surface area contributed by atoms with Crippen LogP contribution in [0.25, 0.3) is 33.6 Å². The number of hydrogen-bond donors (Lipinski definition) is 2. The number of phenols is 1. The van der Waals surface area contributed by atoms with Crippen LogP contribution in [0.1, 0.15) is 42.6 Å². The minimum atomic E-state index is -1.21. The fourth-order valence-electron chi connectivity index (χ4n) is 4.85. The van der Waals surface area contributed by atoms with Crippen LogP contribution in [0.5, 0.6) is 5.75 Å². The van der Waals surface area contributed by atoms with Gasteiger partial charge in [0, 0.05) is 29.2 Å². The summed E-state index contributed by atoms with van der Waals surface area (Å²) in [5.74, 6) is -2.39. The predicted molar refractivity (Wildman–Crippen MR) is 129 cm³/mol. The van der Waals surface area contributed by atoms with Crippen molar-refractivity contribution >= 4 is 5.97 Å². The lowest BCUT2D eigenvalue weighted by Gasteiger charge is -2.36. The summed E-state index contributed by atoms with van der Waals surface area (Å²) in [5, 5.41) is 25.1. The number of benzene rings is 3. The zero-order valence-corrected chi connectivity index (χ0v) is 19.5. The van der Waals surface area contributed by atoms with Gasteiger partial charge in [0.25, 0.3) is 0 Å². The number of hydrogen-bond acceptors (Lipinski definition) is 3. The first-order valence-corrected chi connectivity index (χ1v) is 11.3. The van der Waals surface area contributed by atoms with Gasteiger partial charge in [0.1, 0.15) is 28.6 Å². The standard InChI is InChI=1S/C28H24F2N2O3/c1-28(2,3)22-14-32-26(20-13-23(33)21(27(34)35)12-19(20)22)24(15-4-8-17(29)9-5-15)25(31-32)16-6-10-18(30)11-7-16/h4-13,22,33H,14H2,1-3H3,(H,34,35)/t22-/m1/s1. The molecular formula is C28H24F2N2O3. The lowest BCUT2D eigenvalue weighted by molar-refractivity contribution is 0.0693. The van der Waals surface area contributed by atoms with E-state index in [2.05, 4.69) is 20.8 Å². The Hall–Kier alpha value is -4.00. The summed E-state index contributed by atoms with van der Waals surface area (Å²) in [5.41, 5.74) is 4.44. The fraction of sp³-hybridized carbons (Fsp3) is 0.214. The maximum atomic E-state index is 13.8. The Labute approximate surface area is 201 Å². The van der Waals surface area contributed by atoms with Crippen LogP contribution in [0.4, 0.5) is 8.78 Å². The molecule has 2 N–H and O–H groups in total. The Balaban J connectivity index is 1.86. The molecule has 3 aromatic carbocycles. The Kier molecular flexibility index (Phi) is 5.24. The lowest BCUT2D eigenvalue weighted by Crippen LogP contribution is -2.28. The van der Waals surface area contributed by atoms with E-state index in [0.717, 1.165) is 5.56 Å². The van der Waals surface area contributed by atoms with Gasteiger partial charge < -0.3 is 10.2 Å². The normalized spacial score (nSPS) is 14.9. The molecule has 4 aromatic rings. The van der Waals surface area contributed by atoms with Crippen molar-refractivity contribution in [1.82, 2.24) is 9.78 Å². The number of carboxylic acids is 1. The lowest BCUT2D eigenvalue weighted by atomic mass is 9.72. The first-order valence-electron chi connectivity index (χ1n) is 11.3. The van der Waals surface area contributed by atoms with E-state index in [-0.39, 0.29) is 34.3 Å². The second kappa shape index (κ2) is 8.05. The molecule has 0 saturated heterocycles. The minimum Gasteiger partial charge on any atom is -0.507 e. The summed E-state index contributed by atoms with van der Waals surface area (Å²) in [6.45, 7) is 6.70. The molecular weight excluding hydrogens is 450 g/mol.